The molecule has 0 unspecified atom stereocenters. The number of carbonyl (C=O) groups is 2. The number of carbonyl (C=O) groups excluding carboxylic acids is 2. The van der Waals surface area contributed by atoms with Crippen molar-refractivity contribution in [2.75, 3.05) is 25.0 Å². The zero-order valence-electron chi connectivity index (χ0n) is 11.9. The largest absolute Gasteiger partial charge is 0.366 e. The normalized spacial score (nSPS) is 26.2. The minimum absolute atomic E-state index is 0.0498. The van der Waals surface area contributed by atoms with Crippen LogP contribution >= 0.6 is 11.3 Å². The van der Waals surface area contributed by atoms with Gasteiger partial charge in [-0.15, -0.1) is 11.3 Å². The second kappa shape index (κ2) is 6.37. The van der Waals surface area contributed by atoms with Gasteiger partial charge in [-0.1, -0.05) is 13.8 Å². The second-order valence-corrected chi connectivity index (χ2v) is 6.77. The molecule has 110 valence electrons. The van der Waals surface area contributed by atoms with E-state index in [0.29, 0.717) is 28.9 Å². The number of piperidine rings is 1. The van der Waals surface area contributed by atoms with Gasteiger partial charge in [-0.2, -0.15) is 0 Å². The van der Waals surface area contributed by atoms with Crippen LogP contribution in [0, 0.1) is 11.8 Å². The van der Waals surface area contributed by atoms with Crippen molar-refractivity contribution in [1.82, 2.24) is 0 Å². The molecule has 20 heavy (non-hydrogen) atoms. The van der Waals surface area contributed by atoms with Crippen molar-refractivity contribution >= 4 is 28.2 Å². The zero-order valence-corrected chi connectivity index (χ0v) is 12.8. The molecule has 4 N–H and O–H groups in total. The van der Waals surface area contributed by atoms with Crippen LogP contribution in [0.5, 0.6) is 0 Å². The molecule has 1 aromatic rings. The number of nitrogens with two attached hydrogens (primary N) is 1. The van der Waals surface area contributed by atoms with Crippen molar-refractivity contribution in [3.63, 3.8) is 0 Å². The minimum Gasteiger partial charge on any atom is -0.366 e. The van der Waals surface area contributed by atoms with Crippen LogP contribution in [0.15, 0.2) is 11.4 Å². The van der Waals surface area contributed by atoms with Crippen molar-refractivity contribution in [2.45, 2.75) is 20.3 Å². The molecule has 0 aromatic carbocycles. The summed E-state index contributed by atoms with van der Waals surface area (Å²) in [5.74, 6) is 0.759. The highest BCUT2D eigenvalue weighted by Gasteiger charge is 2.27. The number of thiophene rings is 1. The Labute approximate surface area is 123 Å². The van der Waals surface area contributed by atoms with Crippen LogP contribution in [0.2, 0.25) is 0 Å². The number of quaternary nitrogens is 1. The summed E-state index contributed by atoms with van der Waals surface area (Å²) in [5.41, 5.74) is 5.65. The molecule has 2 rings (SSSR count). The zero-order chi connectivity index (χ0) is 14.7. The lowest BCUT2D eigenvalue weighted by Crippen LogP contribution is -3.15. The number of primary amides is 1. The quantitative estimate of drug-likeness (QED) is 0.749. The lowest BCUT2D eigenvalue weighted by atomic mass is 9.92. The van der Waals surface area contributed by atoms with E-state index in [1.165, 1.54) is 22.7 Å². The summed E-state index contributed by atoms with van der Waals surface area (Å²) in [4.78, 5) is 24.6. The molecule has 0 saturated carbocycles. The Hall–Kier alpha value is -1.40. The van der Waals surface area contributed by atoms with E-state index in [4.69, 9.17) is 5.73 Å². The SMILES string of the molecule is C[C@H]1C[C@H](C)C[NH+](CC(=O)Nc2sccc2C(N)=O)C1. The van der Waals surface area contributed by atoms with E-state index in [1.807, 2.05) is 0 Å². The number of anilines is 1. The third-order valence-electron chi connectivity index (χ3n) is 3.67. The van der Waals surface area contributed by atoms with Gasteiger partial charge < -0.3 is 16.0 Å². The summed E-state index contributed by atoms with van der Waals surface area (Å²) in [6.45, 7) is 6.98. The Bertz CT molecular complexity index is 490. The Kier molecular flexibility index (Phi) is 4.77. The Morgan fingerprint density at radius 3 is 2.65 bits per heavy atom. The molecule has 1 aromatic heterocycles. The number of amides is 2. The van der Waals surface area contributed by atoms with Crippen LogP contribution in [0.4, 0.5) is 5.00 Å². The molecule has 2 atom stereocenters. The van der Waals surface area contributed by atoms with E-state index in [2.05, 4.69) is 19.2 Å². The first kappa shape index (κ1) is 15.0. The summed E-state index contributed by atoms with van der Waals surface area (Å²) in [6, 6.07) is 1.64. The number of rotatable bonds is 4. The predicted octanol–water partition coefficient (Wildman–Crippen LogP) is 0.346. The maximum Gasteiger partial charge on any atom is 0.280 e. The van der Waals surface area contributed by atoms with Gasteiger partial charge in [0.15, 0.2) is 6.54 Å². The van der Waals surface area contributed by atoms with Crippen molar-refractivity contribution < 1.29 is 14.5 Å². The summed E-state index contributed by atoms with van der Waals surface area (Å²) < 4.78 is 0. The second-order valence-electron chi connectivity index (χ2n) is 5.86. The molecule has 1 aliphatic heterocycles. The van der Waals surface area contributed by atoms with Crippen LogP contribution in [-0.2, 0) is 4.79 Å². The van der Waals surface area contributed by atoms with Crippen LogP contribution in [0.3, 0.4) is 0 Å². The van der Waals surface area contributed by atoms with E-state index < -0.39 is 5.91 Å². The molecule has 6 heteroatoms. The Morgan fingerprint density at radius 1 is 1.40 bits per heavy atom. The van der Waals surface area contributed by atoms with E-state index in [-0.39, 0.29) is 5.91 Å². The summed E-state index contributed by atoms with van der Waals surface area (Å²) in [5, 5.41) is 5.12. The number of likely N-dealkylation sites (tertiary alicyclic amines) is 1. The van der Waals surface area contributed by atoms with E-state index in [0.717, 1.165) is 13.1 Å². The van der Waals surface area contributed by atoms with Gasteiger partial charge in [-0.05, 0) is 17.9 Å². The van der Waals surface area contributed by atoms with Crippen molar-refractivity contribution in [3.8, 4) is 0 Å². The Balaban J connectivity index is 1.92. The molecule has 0 aliphatic carbocycles. The smallest absolute Gasteiger partial charge is 0.280 e. The molecule has 2 heterocycles. The third-order valence-corrected chi connectivity index (χ3v) is 4.50. The lowest BCUT2D eigenvalue weighted by molar-refractivity contribution is -0.904. The number of hydrogen-bond acceptors (Lipinski definition) is 3. The number of hydrogen-bond donors (Lipinski definition) is 3. The summed E-state index contributed by atoms with van der Waals surface area (Å²) in [7, 11) is 0. The van der Waals surface area contributed by atoms with Crippen LogP contribution in [0.25, 0.3) is 0 Å². The first-order chi connectivity index (χ1) is 9.45. The van der Waals surface area contributed by atoms with Crippen LogP contribution in [-0.4, -0.2) is 31.4 Å². The maximum atomic E-state index is 12.1. The van der Waals surface area contributed by atoms with Gasteiger partial charge in [-0.3, -0.25) is 9.59 Å². The molecule has 1 fully saturated rings. The molecular formula is C14H22N3O2S+. The molecule has 0 radical (unpaired) electrons. The van der Waals surface area contributed by atoms with Crippen molar-refractivity contribution in [3.05, 3.63) is 17.0 Å². The molecule has 1 saturated heterocycles. The molecule has 1 aliphatic rings. The molecule has 0 spiro atoms. The number of nitrogens with one attached hydrogen (secondary N) is 2. The maximum absolute atomic E-state index is 12.1. The topological polar surface area (TPSA) is 76.6 Å². The first-order valence-electron chi connectivity index (χ1n) is 6.96. The van der Waals surface area contributed by atoms with Gasteiger partial charge in [-0.25, -0.2) is 0 Å². The van der Waals surface area contributed by atoms with Gasteiger partial charge >= 0.3 is 0 Å². The van der Waals surface area contributed by atoms with Gasteiger partial charge in [0.2, 0.25) is 0 Å². The molecule has 5 nitrogen and oxygen atoms in total. The predicted molar refractivity (Wildman–Crippen MR) is 80.0 cm³/mol. The standard InChI is InChI=1S/C14H21N3O2S/c1-9-5-10(2)7-17(6-9)8-12(18)16-14-11(13(15)19)3-4-20-14/h3-4,9-10H,5-8H2,1-2H3,(H2,15,19)(H,16,18)/p+1/t9-,10-/m0/s1. The van der Waals surface area contributed by atoms with E-state index >= 15 is 0 Å². The Morgan fingerprint density at radius 2 is 2.05 bits per heavy atom. The fraction of sp³-hybridized carbons (Fsp3) is 0.571. The third kappa shape index (κ3) is 3.80. The van der Waals surface area contributed by atoms with Gasteiger partial charge in [0.05, 0.1) is 18.7 Å². The summed E-state index contributed by atoms with van der Waals surface area (Å²) in [6.07, 6.45) is 1.24. The van der Waals surface area contributed by atoms with Gasteiger partial charge in [0.1, 0.15) is 5.00 Å². The first-order valence-corrected chi connectivity index (χ1v) is 7.84. The molecular weight excluding hydrogens is 274 g/mol. The highest BCUT2D eigenvalue weighted by molar-refractivity contribution is 7.14. The van der Waals surface area contributed by atoms with Crippen LogP contribution in [0.1, 0.15) is 30.6 Å². The van der Waals surface area contributed by atoms with Crippen LogP contribution < -0.4 is 16.0 Å². The minimum atomic E-state index is -0.505. The molecule has 2 amide bonds. The highest BCUT2D eigenvalue weighted by Crippen LogP contribution is 2.22. The van der Waals surface area contributed by atoms with Gasteiger partial charge in [0.25, 0.3) is 11.8 Å². The monoisotopic (exact) mass is 296 g/mol. The summed E-state index contributed by atoms with van der Waals surface area (Å²) >= 11 is 1.33. The average molecular weight is 296 g/mol. The highest BCUT2D eigenvalue weighted by atomic mass is 32.1. The van der Waals surface area contributed by atoms with Gasteiger partial charge in [0, 0.05) is 11.8 Å². The molecule has 0 bridgehead atoms. The lowest BCUT2D eigenvalue weighted by Gasteiger charge is -2.31. The van der Waals surface area contributed by atoms with E-state index in [9.17, 15) is 9.59 Å². The average Bonchev–Trinajstić information content (AvgIpc) is 2.75. The fourth-order valence-corrected chi connectivity index (χ4v) is 3.87. The fourth-order valence-electron chi connectivity index (χ4n) is 3.06. The van der Waals surface area contributed by atoms with Crippen molar-refractivity contribution in [2.24, 2.45) is 17.6 Å². The van der Waals surface area contributed by atoms with E-state index in [1.54, 1.807) is 11.4 Å². The van der Waals surface area contributed by atoms with Crippen molar-refractivity contribution in [1.29, 1.82) is 0 Å².